The van der Waals surface area contributed by atoms with Gasteiger partial charge in [0.25, 0.3) is 0 Å². The molecule has 2 aromatic rings. The molecule has 0 spiro atoms. The highest BCUT2D eigenvalue weighted by atomic mass is 35.5. The summed E-state index contributed by atoms with van der Waals surface area (Å²) in [5.74, 6) is 1.64. The normalized spacial score (nSPS) is 13.4. The molecule has 0 aliphatic rings. The number of fused-ring (bicyclic) bond motifs is 1. The largest absolute Gasteiger partial charge is 0.324 e. The van der Waals surface area contributed by atoms with Gasteiger partial charge in [0, 0.05) is 11.9 Å². The average Bonchev–Trinajstić information content (AvgIpc) is 2.53. The van der Waals surface area contributed by atoms with E-state index in [2.05, 4.69) is 22.5 Å². The van der Waals surface area contributed by atoms with Crippen molar-refractivity contribution in [1.29, 1.82) is 0 Å². The number of aryl methyl sites for hydroxylation is 1. The van der Waals surface area contributed by atoms with E-state index in [4.69, 9.17) is 11.6 Å². The van der Waals surface area contributed by atoms with Crippen LogP contribution in [-0.2, 0) is 0 Å². The summed E-state index contributed by atoms with van der Waals surface area (Å²) in [6.45, 7) is 4.12. The molecule has 3 heteroatoms. The van der Waals surface area contributed by atoms with Crippen molar-refractivity contribution in [2.45, 2.75) is 19.9 Å². The molecule has 14 heavy (non-hydrogen) atoms. The fourth-order valence-electron chi connectivity index (χ4n) is 1.79. The lowest BCUT2D eigenvalue weighted by Crippen LogP contribution is -2.07. The molecule has 0 fully saturated rings. The highest BCUT2D eigenvalue weighted by Gasteiger charge is 2.11. The van der Waals surface area contributed by atoms with Crippen molar-refractivity contribution in [1.82, 2.24) is 9.55 Å². The average molecular weight is 209 g/mol. The predicted molar refractivity (Wildman–Crippen MR) is 59.9 cm³/mol. The van der Waals surface area contributed by atoms with Gasteiger partial charge in [-0.1, -0.05) is 12.1 Å². The van der Waals surface area contributed by atoms with Crippen molar-refractivity contribution >= 4 is 22.6 Å². The number of rotatable bonds is 2. The van der Waals surface area contributed by atoms with Gasteiger partial charge in [-0.25, -0.2) is 4.98 Å². The molecule has 1 aromatic carbocycles. The summed E-state index contributed by atoms with van der Waals surface area (Å²) in [6, 6.07) is 8.44. The number of hydrogen-bond acceptors (Lipinski definition) is 1. The van der Waals surface area contributed by atoms with Crippen LogP contribution in [0.1, 0.15) is 18.8 Å². The Morgan fingerprint density at radius 2 is 2.14 bits per heavy atom. The van der Waals surface area contributed by atoms with E-state index in [1.165, 1.54) is 0 Å². The highest BCUT2D eigenvalue weighted by Crippen LogP contribution is 2.20. The van der Waals surface area contributed by atoms with Crippen LogP contribution in [0, 0.1) is 6.92 Å². The topological polar surface area (TPSA) is 17.8 Å². The van der Waals surface area contributed by atoms with Crippen molar-refractivity contribution in [3.05, 3.63) is 30.1 Å². The molecular formula is C11H13ClN2. The second-order valence-electron chi connectivity index (χ2n) is 3.52. The summed E-state index contributed by atoms with van der Waals surface area (Å²) in [7, 11) is 0. The minimum atomic E-state index is 0.295. The molecule has 0 aliphatic carbocycles. The maximum absolute atomic E-state index is 5.87. The minimum absolute atomic E-state index is 0.295. The van der Waals surface area contributed by atoms with Gasteiger partial charge in [0.1, 0.15) is 5.82 Å². The maximum Gasteiger partial charge on any atom is 0.107 e. The van der Waals surface area contributed by atoms with Crippen LogP contribution >= 0.6 is 11.6 Å². The number of para-hydroxylation sites is 2. The highest BCUT2D eigenvalue weighted by molar-refractivity contribution is 6.18. The summed E-state index contributed by atoms with van der Waals surface area (Å²) in [4.78, 5) is 4.49. The van der Waals surface area contributed by atoms with E-state index in [0.29, 0.717) is 11.9 Å². The van der Waals surface area contributed by atoms with Gasteiger partial charge < -0.3 is 4.57 Å². The monoisotopic (exact) mass is 208 g/mol. The van der Waals surface area contributed by atoms with Gasteiger partial charge in [-0.3, -0.25) is 0 Å². The first kappa shape index (κ1) is 9.53. The zero-order valence-corrected chi connectivity index (χ0v) is 9.12. The van der Waals surface area contributed by atoms with Crippen LogP contribution in [0.25, 0.3) is 11.0 Å². The number of aromatic nitrogens is 2. The molecule has 1 atom stereocenters. The molecule has 0 saturated heterocycles. The summed E-state index contributed by atoms with van der Waals surface area (Å²) >= 11 is 5.87. The van der Waals surface area contributed by atoms with Crippen LogP contribution in [0.5, 0.6) is 0 Å². The van der Waals surface area contributed by atoms with Crippen molar-refractivity contribution in [2.75, 3.05) is 5.88 Å². The molecule has 1 unspecified atom stereocenters. The van der Waals surface area contributed by atoms with Crippen LogP contribution in [-0.4, -0.2) is 15.4 Å². The lowest BCUT2D eigenvalue weighted by Gasteiger charge is -2.12. The Labute approximate surface area is 88.5 Å². The van der Waals surface area contributed by atoms with Crippen LogP contribution in [0.3, 0.4) is 0 Å². The van der Waals surface area contributed by atoms with E-state index < -0.39 is 0 Å². The van der Waals surface area contributed by atoms with E-state index >= 15 is 0 Å². The SMILES string of the molecule is Cc1nc2ccccc2n1C(C)CCl. The number of halogens is 1. The Morgan fingerprint density at radius 3 is 2.86 bits per heavy atom. The molecule has 2 rings (SSSR count). The number of imidazole rings is 1. The van der Waals surface area contributed by atoms with Crippen LogP contribution < -0.4 is 0 Å². The molecule has 0 saturated carbocycles. The standard InChI is InChI=1S/C11H13ClN2/c1-8(7-12)14-9(2)13-10-5-3-4-6-11(10)14/h3-6,8H,7H2,1-2H3. The van der Waals surface area contributed by atoms with Crippen molar-refractivity contribution in [2.24, 2.45) is 0 Å². The predicted octanol–water partition coefficient (Wildman–Crippen LogP) is 3.14. The molecule has 0 aliphatic heterocycles. The Balaban J connectivity index is 2.67. The first-order chi connectivity index (χ1) is 6.74. The third-order valence-corrected chi connectivity index (χ3v) is 2.88. The van der Waals surface area contributed by atoms with Gasteiger partial charge in [-0.05, 0) is 26.0 Å². The number of benzene rings is 1. The lowest BCUT2D eigenvalue weighted by atomic mass is 10.3. The third kappa shape index (κ3) is 1.40. The Kier molecular flexibility index (Phi) is 2.46. The zero-order chi connectivity index (χ0) is 10.1. The zero-order valence-electron chi connectivity index (χ0n) is 8.37. The van der Waals surface area contributed by atoms with Crippen molar-refractivity contribution in [3.63, 3.8) is 0 Å². The quantitative estimate of drug-likeness (QED) is 0.694. The third-order valence-electron chi connectivity index (χ3n) is 2.44. The molecule has 2 nitrogen and oxygen atoms in total. The first-order valence-corrected chi connectivity index (χ1v) is 5.27. The number of nitrogens with zero attached hydrogens (tertiary/aromatic N) is 2. The fourth-order valence-corrected chi connectivity index (χ4v) is 1.93. The van der Waals surface area contributed by atoms with Gasteiger partial charge in [0.2, 0.25) is 0 Å². The first-order valence-electron chi connectivity index (χ1n) is 4.73. The minimum Gasteiger partial charge on any atom is -0.324 e. The van der Waals surface area contributed by atoms with Gasteiger partial charge in [-0.2, -0.15) is 0 Å². The summed E-state index contributed by atoms with van der Waals surface area (Å²) in [5, 5.41) is 0. The van der Waals surface area contributed by atoms with E-state index in [1.807, 2.05) is 25.1 Å². The smallest absolute Gasteiger partial charge is 0.107 e. The second-order valence-corrected chi connectivity index (χ2v) is 3.83. The second kappa shape index (κ2) is 3.62. The molecule has 0 amide bonds. The van der Waals surface area contributed by atoms with Crippen molar-refractivity contribution in [3.8, 4) is 0 Å². The van der Waals surface area contributed by atoms with Crippen LogP contribution in [0.15, 0.2) is 24.3 Å². The maximum atomic E-state index is 5.87. The van der Waals surface area contributed by atoms with E-state index in [-0.39, 0.29) is 0 Å². The summed E-state index contributed by atoms with van der Waals surface area (Å²) in [5.41, 5.74) is 2.21. The fraction of sp³-hybridized carbons (Fsp3) is 0.364. The van der Waals surface area contributed by atoms with Gasteiger partial charge in [-0.15, -0.1) is 11.6 Å². The molecule has 0 radical (unpaired) electrons. The Hall–Kier alpha value is -1.02. The van der Waals surface area contributed by atoms with Gasteiger partial charge in [0.15, 0.2) is 0 Å². The molecule has 0 bridgehead atoms. The Morgan fingerprint density at radius 1 is 1.43 bits per heavy atom. The van der Waals surface area contributed by atoms with Crippen molar-refractivity contribution < 1.29 is 0 Å². The van der Waals surface area contributed by atoms with Crippen LogP contribution in [0.4, 0.5) is 0 Å². The van der Waals surface area contributed by atoms with Crippen LogP contribution in [0.2, 0.25) is 0 Å². The molecule has 0 N–H and O–H groups in total. The molecule has 1 heterocycles. The summed E-state index contributed by atoms with van der Waals surface area (Å²) < 4.78 is 2.18. The van der Waals surface area contributed by atoms with E-state index in [1.54, 1.807) is 0 Å². The number of hydrogen-bond donors (Lipinski definition) is 0. The molecular weight excluding hydrogens is 196 g/mol. The molecule has 1 aromatic heterocycles. The van der Waals surface area contributed by atoms with E-state index in [9.17, 15) is 0 Å². The van der Waals surface area contributed by atoms with Gasteiger partial charge in [0.05, 0.1) is 11.0 Å². The van der Waals surface area contributed by atoms with Gasteiger partial charge >= 0.3 is 0 Å². The molecule has 74 valence electrons. The Bertz CT molecular complexity index is 447. The summed E-state index contributed by atoms with van der Waals surface area (Å²) in [6.07, 6.45) is 0. The lowest BCUT2D eigenvalue weighted by molar-refractivity contribution is 0.606. The van der Waals surface area contributed by atoms with E-state index in [0.717, 1.165) is 16.9 Å². The number of alkyl halides is 1.